The molecule has 1 aromatic carbocycles. The summed E-state index contributed by atoms with van der Waals surface area (Å²) in [7, 11) is 0. The van der Waals surface area contributed by atoms with Crippen molar-refractivity contribution in [1.82, 2.24) is 9.78 Å². The largest absolute Gasteiger partial charge is 0.486 e. The van der Waals surface area contributed by atoms with E-state index in [0.717, 1.165) is 17.7 Å². The van der Waals surface area contributed by atoms with E-state index in [9.17, 15) is 0 Å². The lowest BCUT2D eigenvalue weighted by Gasteiger charge is -2.05. The zero-order valence-electron chi connectivity index (χ0n) is 11.5. The molecule has 0 amide bonds. The van der Waals surface area contributed by atoms with Crippen LogP contribution in [0.15, 0.2) is 36.7 Å². The van der Waals surface area contributed by atoms with Crippen LogP contribution in [-0.2, 0) is 13.0 Å². The topological polar surface area (TPSA) is 53.1 Å². The third kappa shape index (κ3) is 3.83. The molecule has 4 heteroatoms. The first-order valence-electron chi connectivity index (χ1n) is 6.64. The van der Waals surface area contributed by atoms with Gasteiger partial charge in [0.1, 0.15) is 6.61 Å². The lowest BCUT2D eigenvalue weighted by Crippen LogP contribution is -2.03. The predicted molar refractivity (Wildman–Crippen MR) is 76.1 cm³/mol. The van der Waals surface area contributed by atoms with Crippen LogP contribution in [0.4, 0.5) is 0 Å². The number of rotatable bonds is 6. The molecule has 1 aromatic heterocycles. The number of benzene rings is 1. The van der Waals surface area contributed by atoms with Crippen LogP contribution in [0, 0.1) is 0 Å². The van der Waals surface area contributed by atoms with Gasteiger partial charge in [-0.15, -0.1) is 0 Å². The van der Waals surface area contributed by atoms with Crippen molar-refractivity contribution in [1.29, 1.82) is 0 Å². The van der Waals surface area contributed by atoms with E-state index in [2.05, 4.69) is 43.2 Å². The van der Waals surface area contributed by atoms with Crippen molar-refractivity contribution in [3.05, 3.63) is 47.8 Å². The van der Waals surface area contributed by atoms with Gasteiger partial charge in [-0.3, -0.25) is 4.68 Å². The van der Waals surface area contributed by atoms with Crippen molar-refractivity contribution in [3.63, 3.8) is 0 Å². The Hall–Kier alpha value is -1.81. The summed E-state index contributed by atoms with van der Waals surface area (Å²) in [5, 5.41) is 4.24. The summed E-state index contributed by atoms with van der Waals surface area (Å²) in [6.45, 7) is 5.43. The van der Waals surface area contributed by atoms with Gasteiger partial charge in [0.15, 0.2) is 5.75 Å². The quantitative estimate of drug-likeness (QED) is 0.867. The van der Waals surface area contributed by atoms with Crippen molar-refractivity contribution in [3.8, 4) is 5.75 Å². The third-order valence-electron chi connectivity index (χ3n) is 2.97. The molecule has 2 N–H and O–H groups in total. The van der Waals surface area contributed by atoms with Gasteiger partial charge in [0.2, 0.25) is 0 Å². The maximum absolute atomic E-state index is 5.71. The molecule has 0 radical (unpaired) electrons. The molecule has 2 aromatic rings. The van der Waals surface area contributed by atoms with Gasteiger partial charge in [-0.1, -0.05) is 24.3 Å². The van der Waals surface area contributed by atoms with Crippen LogP contribution in [0.1, 0.15) is 31.0 Å². The lowest BCUT2D eigenvalue weighted by molar-refractivity contribution is 0.305. The molecule has 0 atom stereocenters. The maximum Gasteiger partial charge on any atom is 0.157 e. The SMILES string of the molecule is CC(C)n1cc(OCc2ccc(CCN)cc2)cn1. The average molecular weight is 259 g/mol. The minimum absolute atomic E-state index is 0.355. The van der Waals surface area contributed by atoms with Crippen molar-refractivity contribution < 1.29 is 4.74 Å². The van der Waals surface area contributed by atoms with Gasteiger partial charge < -0.3 is 10.5 Å². The zero-order chi connectivity index (χ0) is 13.7. The summed E-state index contributed by atoms with van der Waals surface area (Å²) < 4.78 is 7.60. The summed E-state index contributed by atoms with van der Waals surface area (Å²) in [5.41, 5.74) is 7.94. The monoisotopic (exact) mass is 259 g/mol. The molecule has 4 nitrogen and oxygen atoms in total. The molecule has 0 saturated carbocycles. The molecule has 0 aliphatic rings. The van der Waals surface area contributed by atoms with E-state index >= 15 is 0 Å². The van der Waals surface area contributed by atoms with Gasteiger partial charge in [-0.25, -0.2) is 0 Å². The van der Waals surface area contributed by atoms with Gasteiger partial charge in [-0.05, 0) is 37.9 Å². The molecular weight excluding hydrogens is 238 g/mol. The number of hydrogen-bond acceptors (Lipinski definition) is 3. The molecule has 0 spiro atoms. The first-order chi connectivity index (χ1) is 9.19. The second-order valence-corrected chi connectivity index (χ2v) is 4.89. The number of nitrogens with zero attached hydrogens (tertiary/aromatic N) is 2. The molecule has 0 unspecified atom stereocenters. The Bertz CT molecular complexity index is 502. The Kier molecular flexibility index (Phi) is 4.58. The average Bonchev–Trinajstić information content (AvgIpc) is 2.87. The van der Waals surface area contributed by atoms with Gasteiger partial charge in [0.25, 0.3) is 0 Å². The minimum atomic E-state index is 0.355. The van der Waals surface area contributed by atoms with Crippen molar-refractivity contribution in [2.24, 2.45) is 5.73 Å². The maximum atomic E-state index is 5.71. The fourth-order valence-corrected chi connectivity index (χ4v) is 1.81. The lowest BCUT2D eigenvalue weighted by atomic mass is 10.1. The van der Waals surface area contributed by atoms with E-state index < -0.39 is 0 Å². The molecule has 0 saturated heterocycles. The third-order valence-corrected chi connectivity index (χ3v) is 2.97. The van der Waals surface area contributed by atoms with Crippen LogP contribution in [0.3, 0.4) is 0 Å². The Morgan fingerprint density at radius 2 is 1.89 bits per heavy atom. The summed E-state index contributed by atoms with van der Waals surface area (Å²) >= 11 is 0. The van der Waals surface area contributed by atoms with Crippen molar-refractivity contribution in [2.45, 2.75) is 32.9 Å². The minimum Gasteiger partial charge on any atom is -0.486 e. The first kappa shape index (κ1) is 13.6. The van der Waals surface area contributed by atoms with Gasteiger partial charge in [0, 0.05) is 6.04 Å². The Labute approximate surface area is 114 Å². The summed E-state index contributed by atoms with van der Waals surface area (Å²) in [5.74, 6) is 0.805. The van der Waals surface area contributed by atoms with Gasteiger partial charge in [0.05, 0.1) is 12.4 Å². The summed E-state index contributed by atoms with van der Waals surface area (Å²) in [4.78, 5) is 0. The molecule has 1 heterocycles. The van der Waals surface area contributed by atoms with Crippen molar-refractivity contribution in [2.75, 3.05) is 6.54 Å². The van der Waals surface area contributed by atoms with Crippen LogP contribution in [0.5, 0.6) is 5.75 Å². The number of nitrogens with two attached hydrogens (primary N) is 1. The van der Waals surface area contributed by atoms with Crippen molar-refractivity contribution >= 4 is 0 Å². The van der Waals surface area contributed by atoms with E-state index in [0.29, 0.717) is 19.2 Å². The van der Waals surface area contributed by atoms with E-state index in [1.54, 1.807) is 6.20 Å². The summed E-state index contributed by atoms with van der Waals surface area (Å²) in [6.07, 6.45) is 4.60. The standard InChI is InChI=1S/C15H21N3O/c1-12(2)18-10-15(9-17-18)19-11-14-5-3-13(4-6-14)7-8-16/h3-6,9-10,12H,7-8,11,16H2,1-2H3. The Morgan fingerprint density at radius 1 is 1.21 bits per heavy atom. The van der Waals surface area contributed by atoms with E-state index in [1.807, 2.05) is 10.9 Å². The van der Waals surface area contributed by atoms with Crippen LogP contribution >= 0.6 is 0 Å². The number of ether oxygens (including phenoxy) is 1. The number of aromatic nitrogens is 2. The Balaban J connectivity index is 1.90. The summed E-state index contributed by atoms with van der Waals surface area (Å²) in [6, 6.07) is 8.72. The van der Waals surface area contributed by atoms with Crippen LogP contribution < -0.4 is 10.5 Å². The smallest absolute Gasteiger partial charge is 0.157 e. The van der Waals surface area contributed by atoms with E-state index in [4.69, 9.17) is 10.5 Å². The highest BCUT2D eigenvalue weighted by Gasteiger charge is 2.03. The second-order valence-electron chi connectivity index (χ2n) is 4.89. The van der Waals surface area contributed by atoms with E-state index in [1.165, 1.54) is 5.56 Å². The molecule has 2 rings (SSSR count). The molecule has 19 heavy (non-hydrogen) atoms. The predicted octanol–water partition coefficient (Wildman–Crippen LogP) is 2.54. The van der Waals surface area contributed by atoms with Crippen LogP contribution in [-0.4, -0.2) is 16.3 Å². The molecule has 102 valence electrons. The Morgan fingerprint density at radius 3 is 2.47 bits per heavy atom. The highest BCUT2D eigenvalue weighted by molar-refractivity contribution is 5.23. The normalized spacial score (nSPS) is 10.9. The fourth-order valence-electron chi connectivity index (χ4n) is 1.81. The molecule has 0 fully saturated rings. The molecule has 0 aliphatic heterocycles. The van der Waals surface area contributed by atoms with Gasteiger partial charge in [-0.2, -0.15) is 5.10 Å². The number of hydrogen-bond donors (Lipinski definition) is 1. The molecule has 0 aliphatic carbocycles. The van der Waals surface area contributed by atoms with Gasteiger partial charge >= 0.3 is 0 Å². The zero-order valence-corrected chi connectivity index (χ0v) is 11.5. The van der Waals surface area contributed by atoms with Crippen LogP contribution in [0.2, 0.25) is 0 Å². The highest BCUT2D eigenvalue weighted by Crippen LogP contribution is 2.14. The fraction of sp³-hybridized carbons (Fsp3) is 0.400. The molecule has 0 bridgehead atoms. The second kappa shape index (κ2) is 6.38. The van der Waals surface area contributed by atoms with Crippen LogP contribution in [0.25, 0.3) is 0 Å². The molecular formula is C15H21N3O. The van der Waals surface area contributed by atoms with E-state index in [-0.39, 0.29) is 0 Å². The first-order valence-corrected chi connectivity index (χ1v) is 6.64. The highest BCUT2D eigenvalue weighted by atomic mass is 16.5.